The Morgan fingerprint density at radius 3 is 2.96 bits per heavy atom. The lowest BCUT2D eigenvalue weighted by Gasteiger charge is -2.39. The summed E-state index contributed by atoms with van der Waals surface area (Å²) in [6.45, 7) is 3.28. The zero-order valence-electron chi connectivity index (χ0n) is 14.2. The Kier molecular flexibility index (Phi) is 5.53. The van der Waals surface area contributed by atoms with Gasteiger partial charge in [-0.25, -0.2) is 0 Å². The highest BCUT2D eigenvalue weighted by Gasteiger charge is 2.36. The molecule has 3 rings (SSSR count). The normalized spacial score (nSPS) is 26.9. The van der Waals surface area contributed by atoms with E-state index in [1.807, 2.05) is 17.8 Å². The highest BCUT2D eigenvalue weighted by molar-refractivity contribution is 5.76. The molecule has 1 aliphatic carbocycles. The molecule has 1 saturated heterocycles. The monoisotopic (exact) mass is 337 g/mol. The summed E-state index contributed by atoms with van der Waals surface area (Å²) >= 11 is 0. The predicted molar refractivity (Wildman–Crippen MR) is 87.5 cm³/mol. The van der Waals surface area contributed by atoms with Crippen LogP contribution in [0.3, 0.4) is 0 Å². The van der Waals surface area contributed by atoms with Gasteiger partial charge in [-0.05, 0) is 38.2 Å². The SMILES string of the molecule is CCN(C(=O)CCn1ncc2c1CCCC2)[C@@H]1COC[C@@H](O)[C@H]1O. The lowest BCUT2D eigenvalue weighted by Crippen LogP contribution is -2.57. The van der Waals surface area contributed by atoms with Gasteiger partial charge in [0.15, 0.2) is 0 Å². The molecule has 7 nitrogen and oxygen atoms in total. The van der Waals surface area contributed by atoms with Crippen LogP contribution in [0.4, 0.5) is 0 Å². The van der Waals surface area contributed by atoms with Crippen LogP contribution in [0, 0.1) is 0 Å². The van der Waals surface area contributed by atoms with E-state index in [2.05, 4.69) is 5.10 Å². The third-order valence-corrected chi connectivity index (χ3v) is 5.11. The fourth-order valence-corrected chi connectivity index (χ4v) is 3.73. The second-order valence-electron chi connectivity index (χ2n) is 6.64. The highest BCUT2D eigenvalue weighted by atomic mass is 16.5. The van der Waals surface area contributed by atoms with Gasteiger partial charge in [-0.1, -0.05) is 0 Å². The summed E-state index contributed by atoms with van der Waals surface area (Å²) < 4.78 is 7.25. The van der Waals surface area contributed by atoms with Crippen molar-refractivity contribution in [1.29, 1.82) is 0 Å². The van der Waals surface area contributed by atoms with Crippen molar-refractivity contribution < 1.29 is 19.7 Å². The van der Waals surface area contributed by atoms with Crippen LogP contribution in [0.15, 0.2) is 6.20 Å². The first-order chi connectivity index (χ1) is 11.6. The number of rotatable bonds is 5. The average Bonchev–Trinajstić information content (AvgIpc) is 3.00. The minimum Gasteiger partial charge on any atom is -0.388 e. The second-order valence-corrected chi connectivity index (χ2v) is 6.64. The first-order valence-corrected chi connectivity index (χ1v) is 8.88. The number of aromatic nitrogens is 2. The molecule has 2 heterocycles. The minimum absolute atomic E-state index is 0.0423. The van der Waals surface area contributed by atoms with Crippen molar-refractivity contribution in [1.82, 2.24) is 14.7 Å². The lowest BCUT2D eigenvalue weighted by atomic mass is 9.98. The number of aliphatic hydroxyl groups excluding tert-OH is 2. The average molecular weight is 337 g/mol. The van der Waals surface area contributed by atoms with E-state index in [-0.39, 0.29) is 19.1 Å². The molecular weight excluding hydrogens is 310 g/mol. The van der Waals surface area contributed by atoms with Gasteiger partial charge in [-0.15, -0.1) is 0 Å². The molecule has 7 heteroatoms. The van der Waals surface area contributed by atoms with Crippen LogP contribution in [0.1, 0.15) is 37.4 Å². The van der Waals surface area contributed by atoms with E-state index in [4.69, 9.17) is 4.74 Å². The molecule has 3 atom stereocenters. The van der Waals surface area contributed by atoms with E-state index >= 15 is 0 Å². The fraction of sp³-hybridized carbons (Fsp3) is 0.765. The summed E-state index contributed by atoms with van der Waals surface area (Å²) in [6.07, 6.45) is 4.85. The maximum absolute atomic E-state index is 12.6. The topological polar surface area (TPSA) is 87.8 Å². The standard InChI is InChI=1S/C17H27N3O4/c1-2-19(14-10-24-11-15(21)17(14)23)16(22)7-8-20-13-6-4-3-5-12(13)9-18-20/h9,14-15,17,21,23H,2-8,10-11H2,1H3/t14-,15-,17+/m1/s1. The summed E-state index contributed by atoms with van der Waals surface area (Å²) in [5.74, 6) is -0.0423. The minimum atomic E-state index is -0.958. The Morgan fingerprint density at radius 2 is 2.17 bits per heavy atom. The number of ether oxygens (including phenoxy) is 1. The maximum atomic E-state index is 12.6. The van der Waals surface area contributed by atoms with E-state index in [9.17, 15) is 15.0 Å². The van der Waals surface area contributed by atoms with Gasteiger partial charge in [0, 0.05) is 25.2 Å². The fourth-order valence-electron chi connectivity index (χ4n) is 3.73. The third kappa shape index (κ3) is 3.48. The largest absolute Gasteiger partial charge is 0.388 e. The molecule has 2 N–H and O–H groups in total. The number of hydrogen-bond donors (Lipinski definition) is 2. The van der Waals surface area contributed by atoms with Crippen LogP contribution < -0.4 is 0 Å². The molecule has 1 amide bonds. The summed E-state index contributed by atoms with van der Waals surface area (Å²) in [6, 6.07) is -0.488. The van der Waals surface area contributed by atoms with Crippen LogP contribution in [0.25, 0.3) is 0 Å². The molecule has 1 aliphatic heterocycles. The number of aliphatic hydroxyl groups is 2. The quantitative estimate of drug-likeness (QED) is 0.797. The molecule has 0 unspecified atom stereocenters. The molecule has 0 bridgehead atoms. The first-order valence-electron chi connectivity index (χ1n) is 8.88. The van der Waals surface area contributed by atoms with Gasteiger partial charge in [0.1, 0.15) is 12.2 Å². The number of carbonyl (C=O) groups excluding carboxylic acids is 1. The Bertz CT molecular complexity index is 574. The zero-order chi connectivity index (χ0) is 17.1. The Hall–Kier alpha value is -1.44. The summed E-state index contributed by atoms with van der Waals surface area (Å²) in [4.78, 5) is 14.2. The lowest BCUT2D eigenvalue weighted by molar-refractivity contribution is -0.156. The summed E-state index contributed by atoms with van der Waals surface area (Å²) in [7, 11) is 0. The summed E-state index contributed by atoms with van der Waals surface area (Å²) in [5, 5.41) is 24.3. The maximum Gasteiger partial charge on any atom is 0.224 e. The molecule has 24 heavy (non-hydrogen) atoms. The van der Waals surface area contributed by atoms with E-state index in [0.29, 0.717) is 19.5 Å². The molecule has 0 radical (unpaired) electrons. The van der Waals surface area contributed by atoms with Crippen LogP contribution in [-0.4, -0.2) is 68.8 Å². The number of aryl methyl sites for hydroxylation is 2. The van der Waals surface area contributed by atoms with Crippen molar-refractivity contribution >= 4 is 5.91 Å². The van der Waals surface area contributed by atoms with Gasteiger partial charge < -0.3 is 19.8 Å². The van der Waals surface area contributed by atoms with Crippen molar-refractivity contribution in [2.45, 2.75) is 63.8 Å². The van der Waals surface area contributed by atoms with Gasteiger partial charge in [0.2, 0.25) is 5.91 Å². The van der Waals surface area contributed by atoms with E-state index in [1.165, 1.54) is 24.1 Å². The van der Waals surface area contributed by atoms with Crippen molar-refractivity contribution in [2.24, 2.45) is 0 Å². The molecule has 1 fully saturated rings. The Morgan fingerprint density at radius 1 is 1.38 bits per heavy atom. The Labute approximate surface area is 142 Å². The predicted octanol–water partition coefficient (Wildman–Crippen LogP) is 0.121. The molecular formula is C17H27N3O4. The van der Waals surface area contributed by atoms with E-state index < -0.39 is 18.2 Å². The van der Waals surface area contributed by atoms with E-state index in [1.54, 1.807) is 4.90 Å². The number of carbonyl (C=O) groups is 1. The van der Waals surface area contributed by atoms with Gasteiger partial charge in [0.05, 0.1) is 25.5 Å². The van der Waals surface area contributed by atoms with Gasteiger partial charge in [0.25, 0.3) is 0 Å². The number of fused-ring (bicyclic) bond motifs is 1. The van der Waals surface area contributed by atoms with Crippen molar-refractivity contribution in [3.05, 3.63) is 17.5 Å². The van der Waals surface area contributed by atoms with Gasteiger partial charge in [-0.2, -0.15) is 5.10 Å². The second kappa shape index (κ2) is 7.63. The molecule has 2 aliphatic rings. The molecule has 0 saturated carbocycles. The van der Waals surface area contributed by atoms with Crippen LogP contribution in [0.5, 0.6) is 0 Å². The molecule has 0 spiro atoms. The number of nitrogens with zero attached hydrogens (tertiary/aromatic N) is 3. The van der Waals surface area contributed by atoms with Crippen LogP contribution >= 0.6 is 0 Å². The number of hydrogen-bond acceptors (Lipinski definition) is 5. The molecule has 0 aromatic carbocycles. The van der Waals surface area contributed by atoms with Crippen LogP contribution in [0.2, 0.25) is 0 Å². The number of amides is 1. The first kappa shape index (κ1) is 17.4. The van der Waals surface area contributed by atoms with Gasteiger partial charge >= 0.3 is 0 Å². The number of likely N-dealkylation sites (N-methyl/N-ethyl adjacent to an activating group) is 1. The highest BCUT2D eigenvalue weighted by Crippen LogP contribution is 2.21. The smallest absolute Gasteiger partial charge is 0.224 e. The molecule has 1 aromatic rings. The van der Waals surface area contributed by atoms with E-state index in [0.717, 1.165) is 12.8 Å². The van der Waals surface area contributed by atoms with Crippen molar-refractivity contribution in [3.63, 3.8) is 0 Å². The van der Waals surface area contributed by atoms with Crippen molar-refractivity contribution in [3.8, 4) is 0 Å². The third-order valence-electron chi connectivity index (χ3n) is 5.11. The Balaban J connectivity index is 1.61. The zero-order valence-corrected chi connectivity index (χ0v) is 14.2. The summed E-state index contributed by atoms with van der Waals surface area (Å²) in [5.41, 5.74) is 2.56. The molecule has 134 valence electrons. The molecule has 1 aromatic heterocycles. The van der Waals surface area contributed by atoms with Gasteiger partial charge in [-0.3, -0.25) is 9.48 Å². The van der Waals surface area contributed by atoms with Crippen LogP contribution in [-0.2, 0) is 28.9 Å². The van der Waals surface area contributed by atoms with Crippen molar-refractivity contribution in [2.75, 3.05) is 19.8 Å².